The summed E-state index contributed by atoms with van der Waals surface area (Å²) in [5, 5.41) is 11.0. The molecule has 0 heterocycles. The van der Waals surface area contributed by atoms with Gasteiger partial charge in [-0.05, 0) is 24.7 Å². The third-order valence-electron chi connectivity index (χ3n) is 2.62. The Hall–Kier alpha value is -0.460. The molecule has 0 bridgehead atoms. The van der Waals surface area contributed by atoms with E-state index in [1.54, 1.807) is 0 Å². The van der Waals surface area contributed by atoms with E-state index in [4.69, 9.17) is 0 Å². The Balaban J connectivity index is 4.31. The van der Waals surface area contributed by atoms with E-state index in [0.717, 1.165) is 19.3 Å². The predicted molar refractivity (Wildman–Crippen MR) is 42.4 cm³/mol. The van der Waals surface area contributed by atoms with Gasteiger partial charge in [0.2, 0.25) is 0 Å². The SMILES string of the molecule is C=C([O-])C(CC)(CC)CC. The molecule has 0 saturated heterocycles. The maximum absolute atomic E-state index is 11.0. The van der Waals surface area contributed by atoms with Crippen LogP contribution in [-0.4, -0.2) is 0 Å². The summed E-state index contributed by atoms with van der Waals surface area (Å²) in [5.74, 6) is 0.0972. The van der Waals surface area contributed by atoms with Crippen molar-refractivity contribution in [3.8, 4) is 0 Å². The molecule has 0 aromatic rings. The second-order valence-electron chi connectivity index (χ2n) is 2.76. The number of hydrogen-bond donors (Lipinski definition) is 0. The van der Waals surface area contributed by atoms with Gasteiger partial charge in [-0.1, -0.05) is 20.8 Å². The van der Waals surface area contributed by atoms with Crippen LogP contribution in [0.5, 0.6) is 0 Å². The third-order valence-corrected chi connectivity index (χ3v) is 2.62. The molecule has 0 aromatic carbocycles. The van der Waals surface area contributed by atoms with E-state index in [-0.39, 0.29) is 11.2 Å². The standard InChI is InChI=1S/C9H18O/c1-5-9(6-2,7-3)8(4)10/h10H,4-7H2,1-3H3/p-1. The van der Waals surface area contributed by atoms with Crippen molar-refractivity contribution in [3.05, 3.63) is 12.3 Å². The molecule has 0 fully saturated rings. The van der Waals surface area contributed by atoms with Gasteiger partial charge in [0, 0.05) is 0 Å². The zero-order valence-corrected chi connectivity index (χ0v) is 7.24. The van der Waals surface area contributed by atoms with E-state index in [9.17, 15) is 5.11 Å². The smallest absolute Gasteiger partial charge is 0.0203 e. The van der Waals surface area contributed by atoms with Crippen molar-refractivity contribution in [3.63, 3.8) is 0 Å². The highest BCUT2D eigenvalue weighted by molar-refractivity contribution is 4.98. The van der Waals surface area contributed by atoms with Crippen molar-refractivity contribution in [2.24, 2.45) is 5.41 Å². The Kier molecular flexibility index (Phi) is 3.48. The molecule has 0 N–H and O–H groups in total. The minimum absolute atomic E-state index is 0.0972. The molecule has 60 valence electrons. The maximum atomic E-state index is 11.0. The topological polar surface area (TPSA) is 23.1 Å². The molecule has 10 heavy (non-hydrogen) atoms. The molecule has 0 rings (SSSR count). The summed E-state index contributed by atoms with van der Waals surface area (Å²) < 4.78 is 0. The van der Waals surface area contributed by atoms with E-state index in [1.807, 2.05) is 0 Å². The van der Waals surface area contributed by atoms with Crippen molar-refractivity contribution >= 4 is 0 Å². The quantitative estimate of drug-likeness (QED) is 0.550. The summed E-state index contributed by atoms with van der Waals surface area (Å²) in [6.07, 6.45) is 2.76. The van der Waals surface area contributed by atoms with Gasteiger partial charge in [0.15, 0.2) is 0 Å². The van der Waals surface area contributed by atoms with Crippen LogP contribution in [0.3, 0.4) is 0 Å². The van der Waals surface area contributed by atoms with Gasteiger partial charge in [-0.15, -0.1) is 12.3 Å². The number of allylic oxidation sites excluding steroid dienone is 1. The second kappa shape index (κ2) is 3.65. The summed E-state index contributed by atoms with van der Waals surface area (Å²) in [6.45, 7) is 9.64. The molecule has 0 aliphatic carbocycles. The van der Waals surface area contributed by atoms with Crippen molar-refractivity contribution in [1.29, 1.82) is 0 Å². The summed E-state index contributed by atoms with van der Waals surface area (Å²) in [6, 6.07) is 0. The summed E-state index contributed by atoms with van der Waals surface area (Å²) in [4.78, 5) is 0. The van der Waals surface area contributed by atoms with Crippen molar-refractivity contribution < 1.29 is 5.11 Å². The van der Waals surface area contributed by atoms with Crippen LogP contribution in [0.15, 0.2) is 12.3 Å². The Bertz CT molecular complexity index is 104. The molecule has 0 aliphatic rings. The Morgan fingerprint density at radius 3 is 1.50 bits per heavy atom. The van der Waals surface area contributed by atoms with Crippen LogP contribution in [0, 0.1) is 5.41 Å². The Morgan fingerprint density at radius 1 is 1.20 bits per heavy atom. The number of rotatable bonds is 4. The minimum Gasteiger partial charge on any atom is -0.875 e. The normalized spacial score (nSPS) is 11.5. The van der Waals surface area contributed by atoms with E-state index in [2.05, 4.69) is 27.4 Å². The van der Waals surface area contributed by atoms with E-state index in [0.29, 0.717) is 0 Å². The molecule has 1 heteroatoms. The molecule has 0 atom stereocenters. The van der Waals surface area contributed by atoms with Crippen molar-refractivity contribution in [1.82, 2.24) is 0 Å². The van der Waals surface area contributed by atoms with Crippen LogP contribution in [0.4, 0.5) is 0 Å². The van der Waals surface area contributed by atoms with Gasteiger partial charge >= 0.3 is 0 Å². The lowest BCUT2D eigenvalue weighted by Gasteiger charge is -2.36. The van der Waals surface area contributed by atoms with Gasteiger partial charge in [-0.25, -0.2) is 0 Å². The van der Waals surface area contributed by atoms with Gasteiger partial charge < -0.3 is 5.11 Å². The lowest BCUT2D eigenvalue weighted by molar-refractivity contribution is -0.326. The monoisotopic (exact) mass is 141 g/mol. The van der Waals surface area contributed by atoms with Crippen LogP contribution in [-0.2, 0) is 0 Å². The minimum atomic E-state index is -0.125. The fourth-order valence-corrected chi connectivity index (χ4v) is 1.34. The molecule has 0 radical (unpaired) electrons. The average molecular weight is 141 g/mol. The fourth-order valence-electron chi connectivity index (χ4n) is 1.34. The molecule has 0 amide bonds. The van der Waals surface area contributed by atoms with Crippen molar-refractivity contribution in [2.75, 3.05) is 0 Å². The molecular formula is C9H17O-. The zero-order valence-electron chi connectivity index (χ0n) is 7.24. The first-order valence-electron chi connectivity index (χ1n) is 3.99. The van der Waals surface area contributed by atoms with E-state index < -0.39 is 0 Å². The molecule has 0 unspecified atom stereocenters. The van der Waals surface area contributed by atoms with Crippen molar-refractivity contribution in [2.45, 2.75) is 40.0 Å². The molecule has 0 saturated carbocycles. The highest BCUT2D eigenvalue weighted by Gasteiger charge is 2.20. The van der Waals surface area contributed by atoms with Gasteiger partial charge in [-0.3, -0.25) is 0 Å². The average Bonchev–Trinajstić information content (AvgIpc) is 1.92. The molecule has 0 spiro atoms. The summed E-state index contributed by atoms with van der Waals surface area (Å²) >= 11 is 0. The van der Waals surface area contributed by atoms with Crippen LogP contribution < -0.4 is 5.11 Å². The van der Waals surface area contributed by atoms with E-state index in [1.165, 1.54) is 0 Å². The number of hydrogen-bond acceptors (Lipinski definition) is 1. The van der Waals surface area contributed by atoms with Gasteiger partial charge in [0.25, 0.3) is 0 Å². The predicted octanol–water partition coefficient (Wildman–Crippen LogP) is 2.08. The van der Waals surface area contributed by atoms with Crippen LogP contribution in [0.2, 0.25) is 0 Å². The highest BCUT2D eigenvalue weighted by atomic mass is 16.3. The van der Waals surface area contributed by atoms with Crippen LogP contribution >= 0.6 is 0 Å². The van der Waals surface area contributed by atoms with Crippen LogP contribution in [0.1, 0.15) is 40.0 Å². The molecule has 0 aliphatic heterocycles. The second-order valence-corrected chi connectivity index (χ2v) is 2.76. The zero-order chi connectivity index (χ0) is 8.20. The van der Waals surface area contributed by atoms with Gasteiger partial charge in [0.05, 0.1) is 0 Å². The van der Waals surface area contributed by atoms with Gasteiger partial charge in [0.1, 0.15) is 0 Å². The summed E-state index contributed by atoms with van der Waals surface area (Å²) in [7, 11) is 0. The molecule has 1 nitrogen and oxygen atoms in total. The first kappa shape index (κ1) is 9.54. The van der Waals surface area contributed by atoms with Gasteiger partial charge in [-0.2, -0.15) is 0 Å². The largest absolute Gasteiger partial charge is 0.875 e. The molecular weight excluding hydrogens is 124 g/mol. The van der Waals surface area contributed by atoms with Crippen LogP contribution in [0.25, 0.3) is 0 Å². The Labute approximate surface area is 63.8 Å². The fraction of sp³-hybridized carbons (Fsp3) is 0.778. The lowest BCUT2D eigenvalue weighted by atomic mass is 9.78. The maximum Gasteiger partial charge on any atom is -0.0203 e. The first-order valence-corrected chi connectivity index (χ1v) is 3.99. The third kappa shape index (κ3) is 1.53. The first-order chi connectivity index (χ1) is 4.63. The lowest BCUT2D eigenvalue weighted by Crippen LogP contribution is -2.27. The highest BCUT2D eigenvalue weighted by Crippen LogP contribution is 2.34. The summed E-state index contributed by atoms with van der Waals surface area (Å²) in [5.41, 5.74) is -0.125. The van der Waals surface area contributed by atoms with E-state index >= 15 is 0 Å². The molecule has 0 aromatic heterocycles. The Morgan fingerprint density at radius 2 is 1.50 bits per heavy atom.